The third-order valence-corrected chi connectivity index (χ3v) is 4.29. The maximum absolute atomic E-state index is 14.0. The van der Waals surface area contributed by atoms with Gasteiger partial charge in [0, 0.05) is 6.04 Å². The van der Waals surface area contributed by atoms with Crippen molar-refractivity contribution in [1.82, 2.24) is 5.32 Å². The highest BCUT2D eigenvalue weighted by molar-refractivity contribution is 6.26. The smallest absolute Gasteiger partial charge is 0.255 e. The molecule has 0 atom stereocenters. The molecule has 0 aromatic heterocycles. The number of benzene rings is 1. The number of Topliss-reactive ketones (excluding diaryl/α,β-unsaturated/α-hetero) is 1. The molecule has 1 saturated carbocycles. The second-order valence-electron chi connectivity index (χ2n) is 5.87. The molecule has 1 aromatic rings. The summed E-state index contributed by atoms with van der Waals surface area (Å²) in [7, 11) is 0. The largest absolute Gasteiger partial charge is 0.349 e. The predicted molar refractivity (Wildman–Crippen MR) is 107 cm³/mol. The SMILES string of the molecule is C/C=C(/C(=O)NC1CCCCC1)C(=O)c1c(F)ccc(F)c1C.CC.CC. The molecule has 152 valence electrons. The van der Waals surface area contributed by atoms with Gasteiger partial charge >= 0.3 is 0 Å². The molecule has 1 aromatic carbocycles. The van der Waals surface area contributed by atoms with Gasteiger partial charge in [0.15, 0.2) is 0 Å². The first-order valence-corrected chi connectivity index (χ1v) is 9.92. The van der Waals surface area contributed by atoms with Crippen LogP contribution in [-0.4, -0.2) is 17.7 Å². The molecule has 2 rings (SSSR count). The molecule has 1 fully saturated rings. The highest BCUT2D eigenvalue weighted by Gasteiger charge is 2.26. The van der Waals surface area contributed by atoms with Crippen LogP contribution in [0.25, 0.3) is 0 Å². The highest BCUT2D eigenvalue weighted by atomic mass is 19.1. The molecule has 1 aliphatic rings. The van der Waals surface area contributed by atoms with Gasteiger partial charge < -0.3 is 5.32 Å². The number of carbonyl (C=O) groups excluding carboxylic acids is 2. The van der Waals surface area contributed by atoms with E-state index < -0.39 is 23.3 Å². The van der Waals surface area contributed by atoms with E-state index in [1.807, 2.05) is 27.7 Å². The third kappa shape index (κ3) is 6.89. The zero-order valence-corrected chi connectivity index (χ0v) is 17.4. The number of halogens is 2. The van der Waals surface area contributed by atoms with Crippen molar-refractivity contribution in [2.45, 2.75) is 79.7 Å². The second kappa shape index (κ2) is 13.2. The van der Waals surface area contributed by atoms with E-state index in [1.54, 1.807) is 6.92 Å². The third-order valence-electron chi connectivity index (χ3n) is 4.29. The number of ketones is 1. The standard InChI is InChI=1S/C18H21F2NO2.2C2H6/c1-3-13(18(23)21-12-7-5-4-6-8-12)17(22)16-11(2)14(19)9-10-15(16)20;2*1-2/h3,9-10,12H,4-8H2,1-2H3,(H,21,23);2*1-2H3/b13-3+;;. The summed E-state index contributed by atoms with van der Waals surface area (Å²) in [4.78, 5) is 24.9. The first kappa shape index (κ1) is 25.0. The molecule has 1 aliphatic carbocycles. The predicted octanol–water partition coefficient (Wildman–Crippen LogP) is 5.90. The van der Waals surface area contributed by atoms with Crippen LogP contribution in [0.15, 0.2) is 23.8 Å². The summed E-state index contributed by atoms with van der Waals surface area (Å²) in [6.45, 7) is 10.9. The fourth-order valence-corrected chi connectivity index (χ4v) is 2.94. The minimum Gasteiger partial charge on any atom is -0.349 e. The number of carbonyl (C=O) groups is 2. The molecule has 0 saturated heterocycles. The minimum atomic E-state index is -0.821. The van der Waals surface area contributed by atoms with Gasteiger partial charge in [-0.2, -0.15) is 0 Å². The van der Waals surface area contributed by atoms with Crippen LogP contribution < -0.4 is 5.32 Å². The Bertz CT molecular complexity index is 648. The summed E-state index contributed by atoms with van der Waals surface area (Å²) in [6, 6.07) is 1.92. The van der Waals surface area contributed by atoms with Gasteiger partial charge in [0.25, 0.3) is 5.91 Å². The Morgan fingerprint density at radius 3 is 2.04 bits per heavy atom. The molecule has 1 N–H and O–H groups in total. The van der Waals surface area contributed by atoms with Gasteiger partial charge in [-0.15, -0.1) is 0 Å². The minimum absolute atomic E-state index is 0.0393. The molecule has 3 nitrogen and oxygen atoms in total. The normalized spacial score (nSPS) is 14.3. The Kier molecular flexibility index (Phi) is 12.2. The van der Waals surface area contributed by atoms with E-state index >= 15 is 0 Å². The van der Waals surface area contributed by atoms with Crippen molar-refractivity contribution in [1.29, 1.82) is 0 Å². The summed E-state index contributed by atoms with van der Waals surface area (Å²) in [5, 5.41) is 2.83. The molecule has 0 spiro atoms. The summed E-state index contributed by atoms with van der Waals surface area (Å²) in [5.74, 6) is -2.79. The lowest BCUT2D eigenvalue weighted by Gasteiger charge is -2.23. The number of hydrogen-bond acceptors (Lipinski definition) is 2. The van der Waals surface area contributed by atoms with Crippen molar-refractivity contribution in [3.05, 3.63) is 46.5 Å². The quantitative estimate of drug-likeness (QED) is 0.305. The Morgan fingerprint density at radius 2 is 1.52 bits per heavy atom. The number of rotatable bonds is 4. The van der Waals surface area contributed by atoms with E-state index in [4.69, 9.17) is 0 Å². The van der Waals surface area contributed by atoms with Crippen molar-refractivity contribution in [2.24, 2.45) is 0 Å². The molecular weight excluding hydrogens is 348 g/mol. The molecule has 5 heteroatoms. The van der Waals surface area contributed by atoms with Crippen molar-refractivity contribution in [3.8, 4) is 0 Å². The van der Waals surface area contributed by atoms with E-state index in [2.05, 4.69) is 5.32 Å². The Balaban J connectivity index is 0.00000158. The van der Waals surface area contributed by atoms with Crippen molar-refractivity contribution in [3.63, 3.8) is 0 Å². The van der Waals surface area contributed by atoms with E-state index in [0.29, 0.717) is 0 Å². The van der Waals surface area contributed by atoms with Crippen LogP contribution in [0.3, 0.4) is 0 Å². The Hall–Kier alpha value is -2.04. The van der Waals surface area contributed by atoms with Gasteiger partial charge in [0.05, 0.1) is 11.1 Å². The van der Waals surface area contributed by atoms with Gasteiger partial charge in [0.1, 0.15) is 11.6 Å². The average Bonchev–Trinajstić information content (AvgIpc) is 2.69. The maximum Gasteiger partial charge on any atom is 0.255 e. The fourth-order valence-electron chi connectivity index (χ4n) is 2.94. The van der Waals surface area contributed by atoms with Gasteiger partial charge in [-0.3, -0.25) is 9.59 Å². The fraction of sp³-hybridized carbons (Fsp3) is 0.545. The summed E-state index contributed by atoms with van der Waals surface area (Å²) in [6.07, 6.45) is 6.34. The molecule has 0 bridgehead atoms. The number of hydrogen-bond donors (Lipinski definition) is 1. The molecule has 1 amide bonds. The molecule has 0 radical (unpaired) electrons. The van der Waals surface area contributed by atoms with Gasteiger partial charge in [0.2, 0.25) is 5.78 Å². The Labute approximate surface area is 162 Å². The van der Waals surface area contributed by atoms with E-state index in [1.165, 1.54) is 13.0 Å². The highest BCUT2D eigenvalue weighted by Crippen LogP contribution is 2.22. The van der Waals surface area contributed by atoms with Crippen LogP contribution in [-0.2, 0) is 4.79 Å². The summed E-state index contributed by atoms with van der Waals surface area (Å²) in [5.41, 5.74) is -0.611. The summed E-state index contributed by atoms with van der Waals surface area (Å²) >= 11 is 0. The average molecular weight is 382 g/mol. The number of nitrogens with one attached hydrogen (secondary N) is 1. The summed E-state index contributed by atoms with van der Waals surface area (Å²) < 4.78 is 27.6. The van der Waals surface area contributed by atoms with E-state index in [-0.39, 0.29) is 22.7 Å². The second-order valence-corrected chi connectivity index (χ2v) is 5.87. The van der Waals surface area contributed by atoms with Crippen LogP contribution in [0.2, 0.25) is 0 Å². The zero-order valence-electron chi connectivity index (χ0n) is 17.4. The zero-order chi connectivity index (χ0) is 21.0. The molecule has 0 aliphatic heterocycles. The number of allylic oxidation sites excluding steroid dienone is 1. The van der Waals surface area contributed by atoms with Crippen molar-refractivity contribution in [2.75, 3.05) is 0 Å². The number of amides is 1. The topological polar surface area (TPSA) is 46.2 Å². The monoisotopic (exact) mass is 381 g/mol. The van der Waals surface area contributed by atoms with Gasteiger partial charge in [-0.1, -0.05) is 53.0 Å². The Morgan fingerprint density at radius 1 is 1.00 bits per heavy atom. The van der Waals surface area contributed by atoms with Crippen molar-refractivity contribution < 1.29 is 18.4 Å². The van der Waals surface area contributed by atoms with E-state index in [0.717, 1.165) is 44.2 Å². The first-order chi connectivity index (χ1) is 13.0. The molecule has 27 heavy (non-hydrogen) atoms. The van der Waals surface area contributed by atoms with Gasteiger partial charge in [-0.05, 0) is 44.4 Å². The van der Waals surface area contributed by atoms with E-state index in [9.17, 15) is 18.4 Å². The maximum atomic E-state index is 14.0. The lowest BCUT2D eigenvalue weighted by Crippen LogP contribution is -2.38. The molecule has 0 heterocycles. The van der Waals surface area contributed by atoms with Crippen LogP contribution >= 0.6 is 0 Å². The van der Waals surface area contributed by atoms with Crippen LogP contribution in [0, 0.1) is 18.6 Å². The molecule has 0 unspecified atom stereocenters. The van der Waals surface area contributed by atoms with Crippen LogP contribution in [0.4, 0.5) is 8.78 Å². The lowest BCUT2D eigenvalue weighted by molar-refractivity contribution is -0.118. The lowest BCUT2D eigenvalue weighted by atomic mass is 9.94. The van der Waals surface area contributed by atoms with Crippen LogP contribution in [0.1, 0.15) is 82.6 Å². The van der Waals surface area contributed by atoms with Gasteiger partial charge in [-0.25, -0.2) is 8.78 Å². The first-order valence-electron chi connectivity index (χ1n) is 9.92. The molecular formula is C22H33F2NO2. The van der Waals surface area contributed by atoms with Crippen LogP contribution in [0.5, 0.6) is 0 Å². The van der Waals surface area contributed by atoms with Crippen molar-refractivity contribution >= 4 is 11.7 Å².